The van der Waals surface area contributed by atoms with E-state index in [0.29, 0.717) is 12.2 Å². The maximum Gasteiger partial charge on any atom is 0.307 e. The Kier molecular flexibility index (Phi) is 3.84. The SMILES string of the molecule is CC(CS(C)=O)NC(=O)C1CC1C(=O)O. The lowest BCUT2D eigenvalue weighted by Gasteiger charge is -2.11. The minimum atomic E-state index is -0.953. The van der Waals surface area contributed by atoms with Gasteiger partial charge in [-0.15, -0.1) is 0 Å². The molecule has 0 aromatic rings. The summed E-state index contributed by atoms with van der Waals surface area (Å²) in [6.45, 7) is 1.76. The van der Waals surface area contributed by atoms with E-state index >= 15 is 0 Å². The van der Waals surface area contributed by atoms with Crippen molar-refractivity contribution in [1.82, 2.24) is 5.32 Å². The first kappa shape index (κ1) is 12.2. The molecule has 0 bridgehead atoms. The summed E-state index contributed by atoms with van der Waals surface area (Å²) in [6.07, 6.45) is 1.99. The van der Waals surface area contributed by atoms with Crippen LogP contribution in [-0.4, -0.2) is 39.2 Å². The molecule has 5 nitrogen and oxygen atoms in total. The molecule has 0 aromatic heterocycles. The van der Waals surface area contributed by atoms with Crippen molar-refractivity contribution in [1.29, 1.82) is 0 Å². The molecule has 1 saturated carbocycles. The van der Waals surface area contributed by atoms with Gasteiger partial charge in [-0.25, -0.2) is 0 Å². The maximum atomic E-state index is 11.4. The minimum absolute atomic E-state index is 0.168. The molecule has 4 atom stereocenters. The molecule has 2 N–H and O–H groups in total. The van der Waals surface area contributed by atoms with Crippen molar-refractivity contribution in [2.24, 2.45) is 11.8 Å². The van der Waals surface area contributed by atoms with Crippen LogP contribution in [0, 0.1) is 11.8 Å². The van der Waals surface area contributed by atoms with Crippen LogP contribution in [0.3, 0.4) is 0 Å². The van der Waals surface area contributed by atoms with Crippen LogP contribution in [0.1, 0.15) is 13.3 Å². The van der Waals surface area contributed by atoms with Gasteiger partial charge in [0.25, 0.3) is 0 Å². The van der Waals surface area contributed by atoms with E-state index in [4.69, 9.17) is 5.11 Å². The minimum Gasteiger partial charge on any atom is -0.481 e. The van der Waals surface area contributed by atoms with Gasteiger partial charge in [0.15, 0.2) is 0 Å². The highest BCUT2D eigenvalue weighted by Crippen LogP contribution is 2.38. The third-order valence-corrected chi connectivity index (χ3v) is 3.29. The predicted molar refractivity (Wildman–Crippen MR) is 55.8 cm³/mol. The summed E-state index contributed by atoms with van der Waals surface area (Å²) < 4.78 is 10.9. The van der Waals surface area contributed by atoms with Crippen LogP contribution in [0.2, 0.25) is 0 Å². The molecule has 1 rings (SSSR count). The van der Waals surface area contributed by atoms with Gasteiger partial charge >= 0.3 is 5.97 Å². The highest BCUT2D eigenvalue weighted by molar-refractivity contribution is 7.84. The van der Waals surface area contributed by atoms with Gasteiger partial charge in [0, 0.05) is 28.9 Å². The highest BCUT2D eigenvalue weighted by atomic mass is 32.2. The summed E-state index contributed by atoms with van der Waals surface area (Å²) in [6, 6.07) is -0.168. The fourth-order valence-corrected chi connectivity index (χ4v) is 2.29. The van der Waals surface area contributed by atoms with Gasteiger partial charge in [0.05, 0.1) is 11.8 Å². The monoisotopic (exact) mass is 233 g/mol. The Morgan fingerprint density at radius 3 is 2.53 bits per heavy atom. The maximum absolute atomic E-state index is 11.4. The molecule has 0 spiro atoms. The van der Waals surface area contributed by atoms with Crippen molar-refractivity contribution in [3.63, 3.8) is 0 Å². The summed E-state index contributed by atoms with van der Waals surface area (Å²) in [7, 11) is -0.953. The van der Waals surface area contributed by atoms with E-state index in [2.05, 4.69) is 5.32 Å². The van der Waals surface area contributed by atoms with Crippen molar-refractivity contribution in [3.05, 3.63) is 0 Å². The number of nitrogens with one attached hydrogen (secondary N) is 1. The third kappa shape index (κ3) is 3.62. The van der Waals surface area contributed by atoms with Crippen molar-refractivity contribution in [2.75, 3.05) is 12.0 Å². The molecule has 1 aliphatic carbocycles. The van der Waals surface area contributed by atoms with Crippen molar-refractivity contribution < 1.29 is 18.9 Å². The van der Waals surface area contributed by atoms with E-state index in [9.17, 15) is 13.8 Å². The lowest BCUT2D eigenvalue weighted by Crippen LogP contribution is -2.37. The zero-order valence-electron chi connectivity index (χ0n) is 8.73. The van der Waals surface area contributed by atoms with Crippen molar-refractivity contribution in [3.8, 4) is 0 Å². The van der Waals surface area contributed by atoms with Gasteiger partial charge in [0.1, 0.15) is 0 Å². The number of carbonyl (C=O) groups is 2. The second kappa shape index (κ2) is 4.74. The van der Waals surface area contributed by atoms with Gasteiger partial charge in [0.2, 0.25) is 5.91 Å². The van der Waals surface area contributed by atoms with Gasteiger partial charge in [-0.3, -0.25) is 13.8 Å². The molecule has 1 fully saturated rings. The normalized spacial score (nSPS) is 27.9. The van der Waals surface area contributed by atoms with E-state index in [1.54, 1.807) is 13.2 Å². The van der Waals surface area contributed by atoms with Gasteiger partial charge in [-0.1, -0.05) is 0 Å². The van der Waals surface area contributed by atoms with Gasteiger partial charge in [-0.05, 0) is 13.3 Å². The molecule has 0 heterocycles. The average molecular weight is 233 g/mol. The van der Waals surface area contributed by atoms with E-state index in [0.717, 1.165) is 0 Å². The summed E-state index contributed by atoms with van der Waals surface area (Å²) in [5, 5.41) is 11.3. The third-order valence-electron chi connectivity index (χ3n) is 2.32. The number of amides is 1. The lowest BCUT2D eigenvalue weighted by molar-refractivity contribution is -0.140. The van der Waals surface area contributed by atoms with E-state index in [1.807, 2.05) is 0 Å². The average Bonchev–Trinajstić information content (AvgIpc) is 2.79. The zero-order chi connectivity index (χ0) is 11.6. The molecule has 1 amide bonds. The summed E-state index contributed by atoms with van der Waals surface area (Å²) in [5.41, 5.74) is 0. The standard InChI is InChI=1S/C9H15NO4S/c1-5(4-15(2)14)10-8(11)6-3-7(6)9(12)13/h5-7H,3-4H2,1-2H3,(H,10,11)(H,12,13). The van der Waals surface area contributed by atoms with Crippen LogP contribution in [0.25, 0.3) is 0 Å². The van der Waals surface area contributed by atoms with Crippen LogP contribution in [0.5, 0.6) is 0 Å². The summed E-state index contributed by atoms with van der Waals surface area (Å²) >= 11 is 0. The molecule has 0 aromatic carbocycles. The number of carboxylic acid groups (broad SMARTS) is 1. The Bertz CT molecular complexity index is 304. The van der Waals surface area contributed by atoms with Gasteiger partial charge in [-0.2, -0.15) is 0 Å². The van der Waals surface area contributed by atoms with Crippen LogP contribution in [0.4, 0.5) is 0 Å². The molecule has 15 heavy (non-hydrogen) atoms. The van der Waals surface area contributed by atoms with Crippen molar-refractivity contribution in [2.45, 2.75) is 19.4 Å². The fourth-order valence-electron chi connectivity index (χ4n) is 1.50. The predicted octanol–water partition coefficient (Wildman–Crippen LogP) is -0.410. The van der Waals surface area contributed by atoms with E-state index in [1.165, 1.54) is 0 Å². The Balaban J connectivity index is 2.31. The Hall–Kier alpha value is -0.910. The smallest absolute Gasteiger partial charge is 0.307 e. The Morgan fingerprint density at radius 1 is 1.53 bits per heavy atom. The number of aliphatic carboxylic acids is 1. The topological polar surface area (TPSA) is 83.5 Å². The van der Waals surface area contributed by atoms with Crippen molar-refractivity contribution >= 4 is 22.7 Å². The number of carboxylic acids is 1. The van der Waals surface area contributed by atoms with E-state index < -0.39 is 28.6 Å². The first-order chi connectivity index (χ1) is 6.91. The molecule has 1 aliphatic rings. The van der Waals surface area contributed by atoms with Crippen LogP contribution >= 0.6 is 0 Å². The summed E-state index contributed by atoms with van der Waals surface area (Å²) in [5.74, 6) is -1.67. The Morgan fingerprint density at radius 2 is 2.13 bits per heavy atom. The zero-order valence-corrected chi connectivity index (χ0v) is 9.54. The lowest BCUT2D eigenvalue weighted by atomic mass is 10.3. The fraction of sp³-hybridized carbons (Fsp3) is 0.778. The van der Waals surface area contributed by atoms with Crippen LogP contribution in [-0.2, 0) is 20.4 Å². The Labute approximate surface area is 90.7 Å². The molecule has 0 radical (unpaired) electrons. The molecule has 6 heteroatoms. The van der Waals surface area contributed by atoms with E-state index in [-0.39, 0.29) is 11.9 Å². The first-order valence-corrected chi connectivity index (χ1v) is 6.47. The van der Waals surface area contributed by atoms with Crippen LogP contribution in [0.15, 0.2) is 0 Å². The molecular formula is C9H15NO4S. The number of hydrogen-bond acceptors (Lipinski definition) is 3. The number of hydrogen-bond donors (Lipinski definition) is 2. The molecule has 0 saturated heterocycles. The van der Waals surface area contributed by atoms with Crippen LogP contribution < -0.4 is 5.32 Å². The second-order valence-corrected chi connectivity index (χ2v) is 5.42. The molecular weight excluding hydrogens is 218 g/mol. The highest BCUT2D eigenvalue weighted by Gasteiger charge is 2.48. The molecule has 86 valence electrons. The largest absolute Gasteiger partial charge is 0.481 e. The second-order valence-electron chi connectivity index (χ2n) is 3.94. The first-order valence-electron chi connectivity index (χ1n) is 4.75. The van der Waals surface area contributed by atoms with Gasteiger partial charge < -0.3 is 10.4 Å². The summed E-state index contributed by atoms with van der Waals surface area (Å²) in [4.78, 5) is 22.0. The molecule has 0 aliphatic heterocycles. The number of carbonyl (C=O) groups excluding carboxylic acids is 1. The quantitative estimate of drug-likeness (QED) is 0.676. The molecule has 4 unspecified atom stereocenters. The number of rotatable bonds is 5.